The van der Waals surface area contributed by atoms with Gasteiger partial charge in [-0.25, -0.2) is 0 Å². The SMILES string of the molecule is CCCC(C)Oc1cncc([B-](F)(F)F)c1.[K+]. The second kappa shape index (κ2) is 7.78. The Balaban J connectivity index is 0.00000256. The second-order valence-electron chi connectivity index (χ2n) is 3.75. The molecule has 0 spiro atoms. The zero-order valence-corrected chi connectivity index (χ0v) is 13.4. The van der Waals surface area contributed by atoms with E-state index in [4.69, 9.17) is 4.74 Å². The molecule has 0 fully saturated rings. The van der Waals surface area contributed by atoms with E-state index in [9.17, 15) is 12.9 Å². The third kappa shape index (κ3) is 6.24. The Bertz CT molecular complexity index is 349. The van der Waals surface area contributed by atoms with Crippen molar-refractivity contribution in [3.63, 3.8) is 0 Å². The van der Waals surface area contributed by atoms with Crippen molar-refractivity contribution in [2.75, 3.05) is 0 Å². The molecule has 1 atom stereocenters. The van der Waals surface area contributed by atoms with Gasteiger partial charge in [0.15, 0.2) is 0 Å². The minimum Gasteiger partial charge on any atom is -0.489 e. The van der Waals surface area contributed by atoms with Crippen LogP contribution in [0.15, 0.2) is 18.5 Å². The average molecular weight is 271 g/mol. The van der Waals surface area contributed by atoms with E-state index in [2.05, 4.69) is 4.98 Å². The monoisotopic (exact) mass is 271 g/mol. The van der Waals surface area contributed by atoms with Gasteiger partial charge >= 0.3 is 58.4 Å². The smallest absolute Gasteiger partial charge is 0.489 e. The fourth-order valence-electron chi connectivity index (χ4n) is 1.38. The molecule has 0 aliphatic rings. The number of aromatic nitrogens is 1. The standard InChI is InChI=1S/C10H14BF3NO.K/c1-3-4-8(2)16-10-5-9(6-15-7-10)11(12,13)14;/h5-8H,3-4H2,1-2H3;/q-1;+1. The molecule has 0 aromatic carbocycles. The van der Waals surface area contributed by atoms with E-state index >= 15 is 0 Å². The van der Waals surface area contributed by atoms with Gasteiger partial charge in [-0.15, -0.1) is 0 Å². The molecule has 7 heteroatoms. The van der Waals surface area contributed by atoms with Gasteiger partial charge in [-0.1, -0.05) is 18.8 Å². The van der Waals surface area contributed by atoms with E-state index in [-0.39, 0.29) is 63.2 Å². The zero-order valence-electron chi connectivity index (χ0n) is 10.3. The summed E-state index contributed by atoms with van der Waals surface area (Å²) in [5.74, 6) is 0.178. The number of rotatable bonds is 5. The summed E-state index contributed by atoms with van der Waals surface area (Å²) in [6.45, 7) is -1.18. The van der Waals surface area contributed by atoms with Gasteiger partial charge in [-0.3, -0.25) is 4.98 Å². The molecule has 0 N–H and O–H groups in total. The minimum atomic E-state index is -5.01. The number of ether oxygens (including phenoxy) is 1. The summed E-state index contributed by atoms with van der Waals surface area (Å²) in [6, 6.07) is 0.999. The average Bonchev–Trinajstić information content (AvgIpc) is 2.17. The maximum Gasteiger partial charge on any atom is 1.00 e. The molecular weight excluding hydrogens is 257 g/mol. The molecule has 90 valence electrons. The molecule has 0 radical (unpaired) electrons. The first-order valence-corrected chi connectivity index (χ1v) is 5.25. The van der Waals surface area contributed by atoms with Gasteiger partial charge in [0.25, 0.3) is 0 Å². The maximum absolute atomic E-state index is 12.4. The first kappa shape index (κ1) is 17.4. The van der Waals surface area contributed by atoms with Crippen molar-refractivity contribution in [1.82, 2.24) is 4.98 Å². The third-order valence-electron chi connectivity index (χ3n) is 2.14. The Morgan fingerprint density at radius 3 is 2.53 bits per heavy atom. The van der Waals surface area contributed by atoms with Crippen LogP contribution < -0.4 is 61.6 Å². The maximum atomic E-state index is 12.4. The number of pyridine rings is 1. The van der Waals surface area contributed by atoms with E-state index in [1.54, 1.807) is 0 Å². The second-order valence-corrected chi connectivity index (χ2v) is 3.75. The fourth-order valence-corrected chi connectivity index (χ4v) is 1.38. The van der Waals surface area contributed by atoms with Crippen molar-refractivity contribution in [3.8, 4) is 5.75 Å². The number of halogens is 3. The molecule has 1 rings (SSSR count). The summed E-state index contributed by atoms with van der Waals surface area (Å²) in [5, 5.41) is 0. The van der Waals surface area contributed by atoms with Crippen LogP contribution in [0.4, 0.5) is 12.9 Å². The fraction of sp³-hybridized carbons (Fsp3) is 0.500. The van der Waals surface area contributed by atoms with E-state index in [0.717, 1.165) is 25.1 Å². The topological polar surface area (TPSA) is 22.1 Å². The Labute approximate surface area is 142 Å². The Hall–Kier alpha value is 0.441. The van der Waals surface area contributed by atoms with E-state index in [0.29, 0.717) is 0 Å². The molecule has 0 amide bonds. The van der Waals surface area contributed by atoms with Crippen LogP contribution in [0, 0.1) is 0 Å². The van der Waals surface area contributed by atoms with Gasteiger partial charge in [-0.2, -0.15) is 0 Å². The summed E-state index contributed by atoms with van der Waals surface area (Å²) in [7, 11) is 0. The zero-order chi connectivity index (χ0) is 12.2. The summed E-state index contributed by atoms with van der Waals surface area (Å²) in [6.07, 6.45) is 3.76. The van der Waals surface area contributed by atoms with Gasteiger partial charge in [-0.05, 0) is 19.4 Å². The van der Waals surface area contributed by atoms with Crippen LogP contribution in [0.25, 0.3) is 0 Å². The molecule has 0 bridgehead atoms. The van der Waals surface area contributed by atoms with Gasteiger partial charge < -0.3 is 17.7 Å². The first-order chi connectivity index (χ1) is 7.43. The van der Waals surface area contributed by atoms with E-state index < -0.39 is 12.4 Å². The molecule has 0 saturated heterocycles. The van der Waals surface area contributed by atoms with E-state index in [1.807, 2.05) is 13.8 Å². The molecule has 2 nitrogen and oxygen atoms in total. The van der Waals surface area contributed by atoms with Crippen LogP contribution in [0.2, 0.25) is 0 Å². The van der Waals surface area contributed by atoms with Gasteiger partial charge in [0, 0.05) is 6.20 Å². The van der Waals surface area contributed by atoms with Gasteiger partial charge in [0.2, 0.25) is 0 Å². The number of hydrogen-bond acceptors (Lipinski definition) is 2. The molecule has 0 saturated carbocycles. The molecule has 1 unspecified atom stereocenters. The van der Waals surface area contributed by atoms with Crippen LogP contribution in [0.5, 0.6) is 5.75 Å². The predicted molar refractivity (Wildman–Crippen MR) is 57.9 cm³/mol. The quantitative estimate of drug-likeness (QED) is 0.686. The number of nitrogens with zero attached hydrogens (tertiary/aromatic N) is 1. The predicted octanol–water partition coefficient (Wildman–Crippen LogP) is -0.293. The first-order valence-electron chi connectivity index (χ1n) is 5.25. The minimum absolute atomic E-state index is 0. The molecule has 17 heavy (non-hydrogen) atoms. The summed E-state index contributed by atoms with van der Waals surface area (Å²) in [5.41, 5.74) is -0.721. The summed E-state index contributed by atoms with van der Waals surface area (Å²) >= 11 is 0. The largest absolute Gasteiger partial charge is 1.00 e. The van der Waals surface area contributed by atoms with Crippen LogP contribution in [-0.2, 0) is 0 Å². The Kier molecular flexibility index (Phi) is 7.99. The number of hydrogen-bond donors (Lipinski definition) is 0. The van der Waals surface area contributed by atoms with Crippen molar-refractivity contribution >= 4 is 12.4 Å². The van der Waals surface area contributed by atoms with Crippen LogP contribution in [-0.4, -0.2) is 18.1 Å². The van der Waals surface area contributed by atoms with Gasteiger partial charge in [0.05, 0.1) is 12.3 Å². The molecule has 1 aromatic heterocycles. The van der Waals surface area contributed by atoms with Crippen molar-refractivity contribution < 1.29 is 69.1 Å². The molecule has 0 aliphatic carbocycles. The van der Waals surface area contributed by atoms with E-state index in [1.165, 1.54) is 6.20 Å². The van der Waals surface area contributed by atoms with Crippen molar-refractivity contribution in [1.29, 1.82) is 0 Å². The van der Waals surface area contributed by atoms with Crippen molar-refractivity contribution in [2.24, 2.45) is 0 Å². The Morgan fingerprint density at radius 1 is 1.35 bits per heavy atom. The van der Waals surface area contributed by atoms with Crippen LogP contribution in [0.3, 0.4) is 0 Å². The summed E-state index contributed by atoms with van der Waals surface area (Å²) < 4.78 is 42.6. The molecular formula is C10H14BF3KNO. The van der Waals surface area contributed by atoms with Crippen LogP contribution >= 0.6 is 0 Å². The third-order valence-corrected chi connectivity index (χ3v) is 2.14. The van der Waals surface area contributed by atoms with Gasteiger partial charge in [0.1, 0.15) is 5.75 Å². The van der Waals surface area contributed by atoms with Crippen molar-refractivity contribution in [2.45, 2.75) is 32.8 Å². The van der Waals surface area contributed by atoms with Crippen LogP contribution in [0.1, 0.15) is 26.7 Å². The summed E-state index contributed by atoms with van der Waals surface area (Å²) in [4.78, 5) is 3.53. The normalized spacial score (nSPS) is 12.8. The Morgan fingerprint density at radius 2 is 2.00 bits per heavy atom. The molecule has 0 aliphatic heterocycles. The van der Waals surface area contributed by atoms with Crippen molar-refractivity contribution in [3.05, 3.63) is 18.5 Å². The molecule has 1 heterocycles. The molecule has 1 aromatic rings.